The molecule has 0 aliphatic heterocycles. The second-order valence-corrected chi connectivity index (χ2v) is 0. The van der Waals surface area contributed by atoms with Crippen molar-refractivity contribution >= 4 is 27.2 Å². The maximum absolute atomic E-state index is 7.75. The minimum Gasteiger partial charge on any atom is -0.545 e. The molecule has 0 atom stereocenters. The first-order valence-corrected chi connectivity index (χ1v) is 0.943. The molecule has 0 saturated heterocycles. The standard InChI is InChI=1S/4CHO.CH3.Mn.Y/c4*1-2;;;/h4*1H;1H3;;/q5*-1;;. The van der Waals surface area contributed by atoms with Gasteiger partial charge in [-0.1, -0.05) is 0 Å². The molecule has 11 heavy (non-hydrogen) atoms. The summed E-state index contributed by atoms with van der Waals surface area (Å²) < 4.78 is 0. The minimum atomic E-state index is 0. The van der Waals surface area contributed by atoms with Gasteiger partial charge in [-0.25, -0.2) is 0 Å². The van der Waals surface area contributed by atoms with Gasteiger partial charge in [-0.15, -0.1) is 0 Å². The van der Waals surface area contributed by atoms with Gasteiger partial charge in [0.25, 0.3) is 0 Å². The van der Waals surface area contributed by atoms with Gasteiger partial charge >= 0.3 is 0 Å². The molecule has 2 radical (unpaired) electrons. The molecule has 4 nitrogen and oxygen atoms in total. The molecular weight excluding hydrogens is 268 g/mol. The molecule has 0 N–H and O–H groups in total. The molecule has 0 heterocycles. The van der Waals surface area contributed by atoms with Gasteiger partial charge < -0.3 is 26.6 Å². The summed E-state index contributed by atoms with van der Waals surface area (Å²) in [5.41, 5.74) is 0. The largest absolute Gasteiger partial charge is 0.545 e. The summed E-state index contributed by atoms with van der Waals surface area (Å²) in [6.45, 7) is 13.0. The molecule has 0 aromatic rings. The van der Waals surface area contributed by atoms with Crippen LogP contribution in [0.5, 0.6) is 0 Å². The first-order chi connectivity index (χ1) is 4.00. The fourth-order valence-corrected chi connectivity index (χ4v) is 0. The van der Waals surface area contributed by atoms with Crippen LogP contribution in [-0.2, 0) is 69.0 Å². The van der Waals surface area contributed by atoms with Crippen LogP contribution in [0.25, 0.3) is 0 Å². The first kappa shape index (κ1) is 64.8. The fourth-order valence-electron chi connectivity index (χ4n) is 0. The van der Waals surface area contributed by atoms with Gasteiger partial charge in [-0.05, 0) is 0 Å². The van der Waals surface area contributed by atoms with Gasteiger partial charge in [0.1, 0.15) is 0 Å². The zero-order valence-corrected chi connectivity index (χ0v) is 9.92. The molecule has 6 heteroatoms. The van der Waals surface area contributed by atoms with Crippen LogP contribution < -0.4 is 0 Å². The summed E-state index contributed by atoms with van der Waals surface area (Å²) in [7, 11) is 0. The molecule has 0 aliphatic rings. The summed E-state index contributed by atoms with van der Waals surface area (Å²) in [5.74, 6) is 0. The Morgan fingerprint density at radius 3 is 0.545 bits per heavy atom. The van der Waals surface area contributed by atoms with E-state index in [0.717, 1.165) is 0 Å². The first-order valence-electron chi connectivity index (χ1n) is 0.943. The summed E-state index contributed by atoms with van der Waals surface area (Å²) in [5, 5.41) is 0. The van der Waals surface area contributed by atoms with E-state index in [4.69, 9.17) is 19.2 Å². The zero-order valence-electron chi connectivity index (χ0n) is 5.90. The number of hydrogen-bond donors (Lipinski definition) is 0. The van der Waals surface area contributed by atoms with E-state index in [1.54, 1.807) is 0 Å². The van der Waals surface area contributed by atoms with Crippen LogP contribution >= 0.6 is 0 Å². The molecule has 0 fully saturated rings. The van der Waals surface area contributed by atoms with Crippen LogP contribution in [-0.4, -0.2) is 27.2 Å². The topological polar surface area (TPSA) is 68.3 Å². The van der Waals surface area contributed by atoms with Gasteiger partial charge in [0.2, 0.25) is 0 Å². The average Bonchev–Trinajstić information content (AvgIpc) is 2.03. The quantitative estimate of drug-likeness (QED) is 0.334. The van der Waals surface area contributed by atoms with Crippen LogP contribution in [0.15, 0.2) is 0 Å². The van der Waals surface area contributed by atoms with Crippen molar-refractivity contribution in [2.45, 2.75) is 0 Å². The van der Waals surface area contributed by atoms with Crippen molar-refractivity contribution in [1.82, 2.24) is 0 Å². The Morgan fingerprint density at radius 1 is 0.545 bits per heavy atom. The van der Waals surface area contributed by atoms with E-state index in [1.165, 1.54) is 0 Å². The maximum atomic E-state index is 7.75. The Balaban J connectivity index is -0.00000000356. The van der Waals surface area contributed by atoms with Gasteiger partial charge in [0, 0.05) is 49.8 Å². The summed E-state index contributed by atoms with van der Waals surface area (Å²) in [6.07, 6.45) is 0. The average molecular weight is 275 g/mol. The predicted octanol–water partition coefficient (Wildman–Crippen LogP) is -0.651. The van der Waals surface area contributed by atoms with Crippen molar-refractivity contribution in [2.75, 3.05) is 0 Å². The predicted molar refractivity (Wildman–Crippen MR) is 33.4 cm³/mol. The third-order valence-corrected chi connectivity index (χ3v) is 0. The molecule has 0 aliphatic carbocycles. The number of carbonyl (C=O) groups excluding carboxylic acids is 4. The van der Waals surface area contributed by atoms with Crippen LogP contribution in [0, 0.1) is 7.43 Å². The number of hydrogen-bond acceptors (Lipinski definition) is 4. The van der Waals surface area contributed by atoms with Crippen molar-refractivity contribution in [3.8, 4) is 0 Å². The molecule has 0 aromatic heterocycles. The molecule has 0 aromatic carbocycles. The summed E-state index contributed by atoms with van der Waals surface area (Å²) >= 11 is 0. The Kier molecular flexibility index (Phi) is 57100. The molecular formula is C5H7MnO4Y-5. The van der Waals surface area contributed by atoms with Crippen molar-refractivity contribution in [3.63, 3.8) is 0 Å². The van der Waals surface area contributed by atoms with E-state index in [0.29, 0.717) is 0 Å². The third-order valence-electron chi connectivity index (χ3n) is 0. The Bertz CT molecular complexity index is 26.4. The minimum absolute atomic E-state index is 0. The maximum Gasteiger partial charge on any atom is 0 e. The van der Waals surface area contributed by atoms with E-state index in [9.17, 15) is 0 Å². The zero-order chi connectivity index (χ0) is 8.00. The van der Waals surface area contributed by atoms with E-state index in [2.05, 4.69) is 27.2 Å². The van der Waals surface area contributed by atoms with Crippen molar-refractivity contribution in [2.24, 2.45) is 0 Å². The second-order valence-electron chi connectivity index (χ2n) is 0. The van der Waals surface area contributed by atoms with E-state index < -0.39 is 0 Å². The van der Waals surface area contributed by atoms with Crippen LogP contribution in [0.1, 0.15) is 0 Å². The molecule has 0 unspecified atom stereocenters. The second kappa shape index (κ2) is 9690. The van der Waals surface area contributed by atoms with E-state index in [1.807, 2.05) is 0 Å². The molecule has 66 valence electrons. The van der Waals surface area contributed by atoms with Gasteiger partial charge in [-0.2, -0.15) is 0 Å². The van der Waals surface area contributed by atoms with Crippen LogP contribution in [0.2, 0.25) is 0 Å². The fraction of sp³-hybridized carbons (Fsp3) is 0. The molecule has 0 saturated carbocycles. The third kappa shape index (κ3) is 7720. The Hall–Kier alpha value is 0.303. The van der Waals surface area contributed by atoms with Crippen molar-refractivity contribution in [1.29, 1.82) is 0 Å². The van der Waals surface area contributed by atoms with Crippen molar-refractivity contribution < 1.29 is 69.0 Å². The van der Waals surface area contributed by atoms with Gasteiger partial charge in [0.15, 0.2) is 0 Å². The molecule has 0 amide bonds. The van der Waals surface area contributed by atoms with Crippen molar-refractivity contribution in [3.05, 3.63) is 7.43 Å². The molecule has 0 spiro atoms. The van der Waals surface area contributed by atoms with Crippen LogP contribution in [0.3, 0.4) is 0 Å². The van der Waals surface area contributed by atoms with E-state index in [-0.39, 0.29) is 57.2 Å². The van der Waals surface area contributed by atoms with Crippen LogP contribution in [0.4, 0.5) is 0 Å². The Labute approximate surface area is 103 Å². The number of rotatable bonds is 0. The monoisotopic (exact) mass is 275 g/mol. The molecule has 0 bridgehead atoms. The SMILES string of the molecule is [CH-]=O.[CH-]=O.[CH-]=O.[CH-]=O.[CH3-].[Mn].[Y]. The normalized spacial score (nSPS) is 1.45. The van der Waals surface area contributed by atoms with Gasteiger partial charge in [-0.3, -0.25) is 27.2 Å². The summed E-state index contributed by atoms with van der Waals surface area (Å²) in [6, 6.07) is 0. The Morgan fingerprint density at radius 2 is 0.545 bits per heavy atom. The molecule has 0 rings (SSSR count). The smallest absolute Gasteiger partial charge is 0 e. The van der Waals surface area contributed by atoms with Gasteiger partial charge in [0.05, 0.1) is 0 Å². The van der Waals surface area contributed by atoms with E-state index >= 15 is 0 Å². The summed E-state index contributed by atoms with van der Waals surface area (Å²) in [4.78, 5) is 31.0.